The minimum atomic E-state index is -3.73. The van der Waals surface area contributed by atoms with Gasteiger partial charge in [0.25, 0.3) is 5.91 Å². The summed E-state index contributed by atoms with van der Waals surface area (Å²) >= 11 is 0. The van der Waals surface area contributed by atoms with Crippen molar-refractivity contribution >= 4 is 22.1 Å². The second kappa shape index (κ2) is 8.23. The Balaban J connectivity index is 1.89. The lowest BCUT2D eigenvalue weighted by molar-refractivity contribution is -0.119. The first-order valence-corrected chi connectivity index (χ1v) is 8.51. The Bertz CT molecular complexity index is 820. The van der Waals surface area contributed by atoms with Crippen molar-refractivity contribution in [2.75, 3.05) is 13.7 Å². The molecule has 0 fully saturated rings. The van der Waals surface area contributed by atoms with Crippen LogP contribution in [0.15, 0.2) is 64.6 Å². The maximum atomic E-state index is 12.0. The van der Waals surface area contributed by atoms with Crippen molar-refractivity contribution in [3.8, 4) is 5.75 Å². The summed E-state index contributed by atoms with van der Waals surface area (Å²) in [6.07, 6.45) is 1.42. The lowest BCUT2D eigenvalue weighted by atomic mass is 10.2. The van der Waals surface area contributed by atoms with Crippen molar-refractivity contribution in [2.24, 2.45) is 5.10 Å². The fourth-order valence-electron chi connectivity index (χ4n) is 1.83. The molecule has 0 heterocycles. The van der Waals surface area contributed by atoms with Crippen LogP contribution in [-0.4, -0.2) is 34.2 Å². The van der Waals surface area contributed by atoms with Gasteiger partial charge in [0.1, 0.15) is 5.75 Å². The molecule has 24 heavy (non-hydrogen) atoms. The lowest BCUT2D eigenvalue weighted by Crippen LogP contribution is -2.34. The topological polar surface area (TPSA) is 96.9 Å². The van der Waals surface area contributed by atoms with Crippen molar-refractivity contribution in [1.82, 2.24) is 10.1 Å². The highest BCUT2D eigenvalue weighted by atomic mass is 32.2. The molecule has 0 spiro atoms. The molecule has 1 amide bonds. The number of nitrogens with one attached hydrogen (secondary N) is 2. The number of nitrogens with zero attached hydrogens (tertiary/aromatic N) is 1. The van der Waals surface area contributed by atoms with E-state index in [0.717, 1.165) is 0 Å². The van der Waals surface area contributed by atoms with Gasteiger partial charge in [0, 0.05) is 5.56 Å². The van der Waals surface area contributed by atoms with Gasteiger partial charge in [-0.05, 0) is 24.3 Å². The van der Waals surface area contributed by atoms with Gasteiger partial charge in [0.15, 0.2) is 0 Å². The predicted octanol–water partition coefficient (Wildman–Crippen LogP) is 1.12. The SMILES string of the molecule is COc1ccccc1/C=N/NC(=O)CNS(=O)(=O)c1ccccc1. The zero-order valence-electron chi connectivity index (χ0n) is 13.0. The quantitative estimate of drug-likeness (QED) is 0.579. The van der Waals surface area contributed by atoms with E-state index >= 15 is 0 Å². The Labute approximate surface area is 140 Å². The number of amides is 1. The van der Waals surface area contributed by atoms with E-state index in [1.54, 1.807) is 36.4 Å². The van der Waals surface area contributed by atoms with E-state index in [-0.39, 0.29) is 4.90 Å². The third-order valence-electron chi connectivity index (χ3n) is 3.01. The summed E-state index contributed by atoms with van der Waals surface area (Å²) in [7, 11) is -2.19. The summed E-state index contributed by atoms with van der Waals surface area (Å²) in [5, 5.41) is 3.78. The maximum Gasteiger partial charge on any atom is 0.255 e. The molecule has 2 aromatic rings. The van der Waals surface area contributed by atoms with Crippen LogP contribution >= 0.6 is 0 Å². The third kappa shape index (κ3) is 4.90. The molecule has 0 atom stereocenters. The number of para-hydroxylation sites is 1. The normalized spacial score (nSPS) is 11.4. The molecular formula is C16H17N3O4S. The molecule has 8 heteroatoms. The largest absolute Gasteiger partial charge is 0.496 e. The summed E-state index contributed by atoms with van der Waals surface area (Å²) in [5.41, 5.74) is 2.94. The maximum absolute atomic E-state index is 12.0. The van der Waals surface area contributed by atoms with Crippen LogP contribution in [0.1, 0.15) is 5.56 Å². The van der Waals surface area contributed by atoms with Crippen LogP contribution in [0.2, 0.25) is 0 Å². The van der Waals surface area contributed by atoms with Crippen LogP contribution in [0.4, 0.5) is 0 Å². The summed E-state index contributed by atoms with van der Waals surface area (Å²) in [6, 6.07) is 15.0. The molecule has 0 aliphatic rings. The van der Waals surface area contributed by atoms with Crippen LogP contribution in [0.25, 0.3) is 0 Å². The summed E-state index contributed by atoms with van der Waals surface area (Å²) in [5.74, 6) is 0.0286. The number of ether oxygens (including phenoxy) is 1. The van der Waals surface area contributed by atoms with Gasteiger partial charge < -0.3 is 4.74 Å². The molecule has 0 radical (unpaired) electrons. The molecule has 0 bridgehead atoms. The van der Waals surface area contributed by atoms with E-state index in [9.17, 15) is 13.2 Å². The molecule has 0 unspecified atom stereocenters. The summed E-state index contributed by atoms with van der Waals surface area (Å²) in [4.78, 5) is 11.8. The zero-order valence-corrected chi connectivity index (χ0v) is 13.8. The first-order valence-electron chi connectivity index (χ1n) is 7.02. The highest BCUT2D eigenvalue weighted by Crippen LogP contribution is 2.14. The van der Waals surface area contributed by atoms with Crippen LogP contribution in [0, 0.1) is 0 Å². The van der Waals surface area contributed by atoms with Crippen LogP contribution in [0.3, 0.4) is 0 Å². The van der Waals surface area contributed by atoms with E-state index in [2.05, 4.69) is 15.2 Å². The average Bonchev–Trinajstić information content (AvgIpc) is 2.61. The molecule has 2 rings (SSSR count). The van der Waals surface area contributed by atoms with Gasteiger partial charge >= 0.3 is 0 Å². The summed E-state index contributed by atoms with van der Waals surface area (Å²) in [6.45, 7) is -0.416. The highest BCUT2D eigenvalue weighted by Gasteiger charge is 2.14. The Morgan fingerprint density at radius 3 is 2.50 bits per heavy atom. The number of methoxy groups -OCH3 is 1. The van der Waals surface area contributed by atoms with E-state index in [1.165, 1.54) is 25.5 Å². The van der Waals surface area contributed by atoms with Gasteiger partial charge in [0.2, 0.25) is 10.0 Å². The number of hydrazone groups is 1. The van der Waals surface area contributed by atoms with Crippen molar-refractivity contribution in [3.05, 3.63) is 60.2 Å². The first-order chi connectivity index (χ1) is 11.5. The fraction of sp³-hybridized carbons (Fsp3) is 0.125. The average molecular weight is 347 g/mol. The van der Waals surface area contributed by atoms with Gasteiger partial charge in [-0.15, -0.1) is 0 Å². The van der Waals surface area contributed by atoms with Crippen molar-refractivity contribution in [2.45, 2.75) is 4.90 Å². The smallest absolute Gasteiger partial charge is 0.255 e. The van der Waals surface area contributed by atoms with Crippen molar-refractivity contribution in [1.29, 1.82) is 0 Å². The number of hydrogen-bond donors (Lipinski definition) is 2. The van der Waals surface area contributed by atoms with Gasteiger partial charge in [-0.25, -0.2) is 18.6 Å². The molecular weight excluding hydrogens is 330 g/mol. The number of benzene rings is 2. The molecule has 0 aromatic heterocycles. The number of sulfonamides is 1. The Morgan fingerprint density at radius 1 is 1.12 bits per heavy atom. The first kappa shape index (κ1) is 17.6. The summed E-state index contributed by atoms with van der Waals surface area (Å²) < 4.78 is 31.3. The third-order valence-corrected chi connectivity index (χ3v) is 4.43. The van der Waals surface area contributed by atoms with Gasteiger partial charge in [-0.2, -0.15) is 5.10 Å². The van der Waals surface area contributed by atoms with Crippen LogP contribution in [0.5, 0.6) is 5.75 Å². The number of carbonyl (C=O) groups excluding carboxylic acids is 1. The molecule has 2 N–H and O–H groups in total. The van der Waals surface area contributed by atoms with E-state index in [4.69, 9.17) is 4.74 Å². The Kier molecular flexibility index (Phi) is 6.05. The molecule has 0 aliphatic heterocycles. The minimum Gasteiger partial charge on any atom is -0.496 e. The molecule has 0 aliphatic carbocycles. The highest BCUT2D eigenvalue weighted by molar-refractivity contribution is 7.89. The van der Waals surface area contributed by atoms with Gasteiger partial charge in [-0.3, -0.25) is 4.79 Å². The molecule has 2 aromatic carbocycles. The molecule has 126 valence electrons. The van der Waals surface area contributed by atoms with Crippen molar-refractivity contribution < 1.29 is 17.9 Å². The minimum absolute atomic E-state index is 0.0929. The Morgan fingerprint density at radius 2 is 1.79 bits per heavy atom. The fourth-order valence-corrected chi connectivity index (χ4v) is 2.83. The predicted molar refractivity (Wildman–Crippen MR) is 90.4 cm³/mol. The molecule has 0 saturated carbocycles. The molecule has 7 nitrogen and oxygen atoms in total. The zero-order chi connectivity index (χ0) is 17.4. The monoisotopic (exact) mass is 347 g/mol. The standard InChI is InChI=1S/C16H17N3O4S/c1-23-15-10-6-5-7-13(15)11-17-19-16(20)12-18-24(21,22)14-8-3-2-4-9-14/h2-11,18H,12H2,1H3,(H,19,20)/b17-11+. The van der Waals surface area contributed by atoms with E-state index in [1.807, 2.05) is 6.07 Å². The van der Waals surface area contributed by atoms with Crippen LogP contribution in [-0.2, 0) is 14.8 Å². The second-order valence-corrected chi connectivity index (χ2v) is 6.44. The Hall–Kier alpha value is -2.71. The van der Waals surface area contributed by atoms with Gasteiger partial charge in [-0.1, -0.05) is 30.3 Å². The van der Waals surface area contributed by atoms with E-state index in [0.29, 0.717) is 11.3 Å². The number of rotatable bonds is 7. The van der Waals surface area contributed by atoms with Gasteiger partial charge in [0.05, 0.1) is 24.8 Å². The van der Waals surface area contributed by atoms with Crippen LogP contribution < -0.4 is 14.9 Å². The van der Waals surface area contributed by atoms with Crippen molar-refractivity contribution in [3.63, 3.8) is 0 Å². The number of carbonyl (C=O) groups is 1. The number of hydrogen-bond acceptors (Lipinski definition) is 5. The second-order valence-electron chi connectivity index (χ2n) is 4.67. The molecule has 0 saturated heterocycles. The van der Waals surface area contributed by atoms with E-state index < -0.39 is 22.5 Å². The lowest BCUT2D eigenvalue weighted by Gasteiger charge is -2.06.